The minimum atomic E-state index is 0.957. The summed E-state index contributed by atoms with van der Waals surface area (Å²) in [5.74, 6) is 0. The molecule has 0 radical (unpaired) electrons. The zero-order valence-electron chi connectivity index (χ0n) is 6.72. The van der Waals surface area contributed by atoms with Crippen molar-refractivity contribution in [2.75, 3.05) is 6.54 Å². The molecule has 0 saturated heterocycles. The van der Waals surface area contributed by atoms with Crippen LogP contribution in [0.3, 0.4) is 0 Å². The van der Waals surface area contributed by atoms with Gasteiger partial charge in [0.25, 0.3) is 0 Å². The van der Waals surface area contributed by atoms with Gasteiger partial charge in [-0.05, 0) is 41.8 Å². The fraction of sp³-hybridized carbons (Fsp3) is 0.300. The molecule has 0 spiro atoms. The first-order valence-corrected chi connectivity index (χ1v) is 3.90. The predicted octanol–water partition coefficient (Wildman–Crippen LogP) is 0.581. The van der Waals surface area contributed by atoms with Gasteiger partial charge in [-0.2, -0.15) is 0 Å². The Morgan fingerprint density at radius 1 is 1.45 bits per heavy atom. The SMILES string of the molecule is C=c1cc2c(cc1C)=NCC2. The van der Waals surface area contributed by atoms with Crippen molar-refractivity contribution >= 4 is 6.58 Å². The number of aryl methyl sites for hydroxylation is 1. The van der Waals surface area contributed by atoms with Gasteiger partial charge in [0.2, 0.25) is 0 Å². The minimum absolute atomic E-state index is 0.957. The van der Waals surface area contributed by atoms with Gasteiger partial charge in [0.05, 0.1) is 5.36 Å². The highest BCUT2D eigenvalue weighted by Gasteiger charge is 2.03. The fourth-order valence-electron chi connectivity index (χ4n) is 1.43. The highest BCUT2D eigenvalue weighted by atomic mass is 14.7. The van der Waals surface area contributed by atoms with Gasteiger partial charge in [-0.3, -0.25) is 4.99 Å². The Morgan fingerprint density at radius 2 is 2.27 bits per heavy atom. The number of nitrogens with zero attached hydrogens (tertiary/aromatic N) is 1. The zero-order chi connectivity index (χ0) is 7.84. The normalized spacial score (nSPS) is 14.3. The molecule has 1 aromatic rings. The molecule has 0 aliphatic carbocycles. The van der Waals surface area contributed by atoms with Crippen molar-refractivity contribution in [2.45, 2.75) is 13.3 Å². The average molecular weight is 145 g/mol. The Hall–Kier alpha value is -1.11. The van der Waals surface area contributed by atoms with Gasteiger partial charge < -0.3 is 0 Å². The van der Waals surface area contributed by atoms with Gasteiger partial charge in [-0.1, -0.05) is 6.58 Å². The average Bonchev–Trinajstić information content (AvgIpc) is 2.36. The summed E-state index contributed by atoms with van der Waals surface area (Å²) >= 11 is 0. The van der Waals surface area contributed by atoms with E-state index in [9.17, 15) is 0 Å². The molecule has 11 heavy (non-hydrogen) atoms. The molecule has 1 nitrogen and oxygen atoms in total. The largest absolute Gasteiger partial charge is 0.285 e. The summed E-state index contributed by atoms with van der Waals surface area (Å²) < 4.78 is 0. The van der Waals surface area contributed by atoms with Crippen LogP contribution in [-0.2, 0) is 6.42 Å². The lowest BCUT2D eigenvalue weighted by Crippen LogP contribution is -2.13. The topological polar surface area (TPSA) is 12.4 Å². The second-order valence-corrected chi connectivity index (χ2v) is 3.04. The molecule has 0 unspecified atom stereocenters. The Kier molecular flexibility index (Phi) is 1.31. The molecule has 1 aliphatic rings. The molecule has 0 saturated carbocycles. The van der Waals surface area contributed by atoms with Crippen molar-refractivity contribution in [2.24, 2.45) is 4.99 Å². The summed E-state index contributed by atoms with van der Waals surface area (Å²) in [6, 6.07) is 4.28. The van der Waals surface area contributed by atoms with Crippen LogP contribution in [0.4, 0.5) is 0 Å². The lowest BCUT2D eigenvalue weighted by Gasteiger charge is -1.94. The van der Waals surface area contributed by atoms with Crippen LogP contribution in [0.25, 0.3) is 6.58 Å². The first-order valence-electron chi connectivity index (χ1n) is 3.90. The molecule has 0 bridgehead atoms. The molecule has 0 atom stereocenters. The Balaban J connectivity index is 2.81. The summed E-state index contributed by atoms with van der Waals surface area (Å²) in [6.07, 6.45) is 1.10. The maximum Gasteiger partial charge on any atom is 0.0610 e. The van der Waals surface area contributed by atoms with Crippen molar-refractivity contribution < 1.29 is 0 Å². The van der Waals surface area contributed by atoms with E-state index in [1.807, 2.05) is 0 Å². The van der Waals surface area contributed by atoms with Crippen LogP contribution in [0.2, 0.25) is 0 Å². The third-order valence-corrected chi connectivity index (χ3v) is 2.20. The minimum Gasteiger partial charge on any atom is -0.285 e. The third kappa shape index (κ3) is 0.967. The maximum atomic E-state index is 4.37. The summed E-state index contributed by atoms with van der Waals surface area (Å²) in [7, 11) is 0. The van der Waals surface area contributed by atoms with Gasteiger partial charge in [0.1, 0.15) is 0 Å². The molecule has 1 aromatic carbocycles. The molecule has 1 heterocycles. The zero-order valence-corrected chi connectivity index (χ0v) is 6.72. The number of hydrogen-bond donors (Lipinski definition) is 0. The Labute approximate surface area is 66.1 Å². The third-order valence-electron chi connectivity index (χ3n) is 2.20. The second-order valence-electron chi connectivity index (χ2n) is 3.04. The standard InChI is InChI=1S/C10H11N/c1-7-5-9-3-4-11-10(9)6-8(7)2/h5-6H,1,3-4H2,2H3. The molecule has 56 valence electrons. The van der Waals surface area contributed by atoms with Gasteiger partial charge >= 0.3 is 0 Å². The number of benzene rings is 1. The smallest absolute Gasteiger partial charge is 0.0610 e. The summed E-state index contributed by atoms with van der Waals surface area (Å²) in [5, 5.41) is 2.32. The Morgan fingerprint density at radius 3 is 3.09 bits per heavy atom. The van der Waals surface area contributed by atoms with E-state index in [-0.39, 0.29) is 0 Å². The van der Waals surface area contributed by atoms with E-state index >= 15 is 0 Å². The second kappa shape index (κ2) is 2.19. The summed E-state index contributed by atoms with van der Waals surface area (Å²) in [6.45, 7) is 6.99. The number of hydrogen-bond acceptors (Lipinski definition) is 1. The van der Waals surface area contributed by atoms with E-state index < -0.39 is 0 Å². The lowest BCUT2D eigenvalue weighted by molar-refractivity contribution is 1.02. The highest BCUT2D eigenvalue weighted by Crippen LogP contribution is 1.97. The quantitative estimate of drug-likeness (QED) is 0.506. The predicted molar refractivity (Wildman–Crippen MR) is 46.1 cm³/mol. The molecular formula is C10H11N. The monoisotopic (exact) mass is 145 g/mol. The van der Waals surface area contributed by atoms with Crippen LogP contribution in [0, 0.1) is 6.92 Å². The van der Waals surface area contributed by atoms with Crippen molar-refractivity contribution in [1.29, 1.82) is 0 Å². The van der Waals surface area contributed by atoms with Crippen LogP contribution in [0.5, 0.6) is 0 Å². The van der Waals surface area contributed by atoms with Crippen LogP contribution in [0.15, 0.2) is 17.1 Å². The number of rotatable bonds is 0. The van der Waals surface area contributed by atoms with Gasteiger partial charge in [0, 0.05) is 6.54 Å². The van der Waals surface area contributed by atoms with E-state index in [1.54, 1.807) is 0 Å². The van der Waals surface area contributed by atoms with Crippen molar-refractivity contribution in [1.82, 2.24) is 0 Å². The summed E-state index contributed by atoms with van der Waals surface area (Å²) in [5.41, 5.74) is 2.61. The van der Waals surface area contributed by atoms with Crippen molar-refractivity contribution in [3.8, 4) is 0 Å². The van der Waals surface area contributed by atoms with Gasteiger partial charge in [-0.25, -0.2) is 0 Å². The van der Waals surface area contributed by atoms with Crippen LogP contribution >= 0.6 is 0 Å². The van der Waals surface area contributed by atoms with Crippen molar-refractivity contribution in [3.63, 3.8) is 0 Å². The summed E-state index contributed by atoms with van der Waals surface area (Å²) in [4.78, 5) is 4.37. The van der Waals surface area contributed by atoms with Gasteiger partial charge in [0.15, 0.2) is 0 Å². The maximum absolute atomic E-state index is 4.37. The highest BCUT2D eigenvalue weighted by molar-refractivity contribution is 5.27. The molecule has 0 aromatic heterocycles. The van der Waals surface area contributed by atoms with Crippen LogP contribution in [-0.4, -0.2) is 6.54 Å². The van der Waals surface area contributed by atoms with Gasteiger partial charge in [-0.15, -0.1) is 0 Å². The molecule has 1 heteroatoms. The molecule has 0 N–H and O–H groups in total. The fourth-order valence-corrected chi connectivity index (χ4v) is 1.43. The molecule has 2 rings (SSSR count). The molecule has 0 amide bonds. The molecular weight excluding hydrogens is 134 g/mol. The Bertz CT molecular complexity index is 390. The van der Waals surface area contributed by atoms with Crippen LogP contribution < -0.4 is 10.6 Å². The number of fused-ring (bicyclic) bond motifs is 1. The van der Waals surface area contributed by atoms with E-state index in [2.05, 4.69) is 30.6 Å². The first kappa shape index (κ1) is 6.59. The van der Waals surface area contributed by atoms with E-state index in [0.29, 0.717) is 0 Å². The molecule has 0 fully saturated rings. The first-order chi connectivity index (χ1) is 5.27. The van der Waals surface area contributed by atoms with Crippen LogP contribution in [0.1, 0.15) is 11.1 Å². The lowest BCUT2D eigenvalue weighted by atomic mass is 10.1. The van der Waals surface area contributed by atoms with Crippen molar-refractivity contribution in [3.05, 3.63) is 33.8 Å². The molecule has 1 aliphatic heterocycles. The van der Waals surface area contributed by atoms with E-state index in [0.717, 1.165) is 18.2 Å². The van der Waals surface area contributed by atoms with E-state index in [4.69, 9.17) is 0 Å². The van der Waals surface area contributed by atoms with E-state index in [1.165, 1.54) is 16.5 Å².